The summed E-state index contributed by atoms with van der Waals surface area (Å²) >= 11 is 1.35. The van der Waals surface area contributed by atoms with E-state index in [2.05, 4.69) is 4.72 Å². The minimum atomic E-state index is -3.83. The molecule has 1 aromatic heterocycles. The maximum absolute atomic E-state index is 12.5. The molecule has 2 heterocycles. The average molecular weight is 431 g/mol. The predicted octanol–water partition coefficient (Wildman–Crippen LogP) is 1.86. The number of hydrogen-bond donors (Lipinski definition) is 2. The molecule has 2 N–H and O–H groups in total. The fraction of sp³-hybridized carbons (Fsp3) is 0.412. The number of nitrogens with zero attached hydrogens (tertiary/aromatic N) is 1. The van der Waals surface area contributed by atoms with Crippen LogP contribution in [0.25, 0.3) is 0 Å². The SMILES string of the molecule is CC(O)(CNS(=O)(=O)c1ccc(N2CCCCS2(=O)=O)cc1)c1cccs1. The van der Waals surface area contributed by atoms with Crippen molar-refractivity contribution < 1.29 is 21.9 Å². The Morgan fingerprint density at radius 2 is 1.93 bits per heavy atom. The van der Waals surface area contributed by atoms with Crippen molar-refractivity contribution in [3.63, 3.8) is 0 Å². The van der Waals surface area contributed by atoms with Crippen LogP contribution in [0.2, 0.25) is 0 Å². The fourth-order valence-corrected chi connectivity index (χ4v) is 6.42. The van der Waals surface area contributed by atoms with Gasteiger partial charge in [-0.15, -0.1) is 11.3 Å². The van der Waals surface area contributed by atoms with Crippen LogP contribution in [-0.2, 0) is 25.6 Å². The number of thiophene rings is 1. The quantitative estimate of drug-likeness (QED) is 0.728. The summed E-state index contributed by atoms with van der Waals surface area (Å²) in [5.74, 6) is 0.104. The van der Waals surface area contributed by atoms with Gasteiger partial charge in [0.1, 0.15) is 5.60 Å². The summed E-state index contributed by atoms with van der Waals surface area (Å²) in [5, 5.41) is 12.3. The zero-order valence-electron chi connectivity index (χ0n) is 14.8. The van der Waals surface area contributed by atoms with E-state index in [1.54, 1.807) is 19.1 Å². The minimum Gasteiger partial charge on any atom is -0.383 e. The van der Waals surface area contributed by atoms with Crippen molar-refractivity contribution in [2.75, 3.05) is 23.1 Å². The van der Waals surface area contributed by atoms with Crippen molar-refractivity contribution in [3.8, 4) is 0 Å². The third-order valence-corrected chi connectivity index (χ3v) is 8.85. The van der Waals surface area contributed by atoms with Crippen LogP contribution in [0.15, 0.2) is 46.7 Å². The van der Waals surface area contributed by atoms with Gasteiger partial charge in [-0.2, -0.15) is 0 Å². The first kappa shape index (κ1) is 20.3. The third-order valence-electron chi connectivity index (χ3n) is 4.44. The van der Waals surface area contributed by atoms with Crippen LogP contribution < -0.4 is 9.03 Å². The molecule has 27 heavy (non-hydrogen) atoms. The van der Waals surface area contributed by atoms with E-state index >= 15 is 0 Å². The Morgan fingerprint density at radius 3 is 2.52 bits per heavy atom. The highest BCUT2D eigenvalue weighted by Crippen LogP contribution is 2.26. The summed E-state index contributed by atoms with van der Waals surface area (Å²) < 4.78 is 53.1. The number of anilines is 1. The predicted molar refractivity (Wildman–Crippen MR) is 106 cm³/mol. The zero-order chi connectivity index (χ0) is 19.7. The second kappa shape index (κ2) is 7.51. The molecule has 148 valence electrons. The maximum Gasteiger partial charge on any atom is 0.240 e. The van der Waals surface area contributed by atoms with E-state index in [-0.39, 0.29) is 17.2 Å². The first-order valence-electron chi connectivity index (χ1n) is 8.48. The van der Waals surface area contributed by atoms with Crippen LogP contribution in [0.3, 0.4) is 0 Å². The lowest BCUT2D eigenvalue weighted by Crippen LogP contribution is -2.38. The Balaban J connectivity index is 1.74. The summed E-state index contributed by atoms with van der Waals surface area (Å²) in [5.41, 5.74) is -0.859. The lowest BCUT2D eigenvalue weighted by atomic mass is 10.1. The lowest BCUT2D eigenvalue weighted by molar-refractivity contribution is 0.0666. The molecule has 0 saturated carbocycles. The van der Waals surface area contributed by atoms with Gasteiger partial charge in [0.25, 0.3) is 0 Å². The van der Waals surface area contributed by atoms with Crippen molar-refractivity contribution in [1.29, 1.82) is 0 Å². The molecule has 1 fully saturated rings. The molecule has 1 aliphatic rings. The third kappa shape index (κ3) is 4.52. The minimum absolute atomic E-state index is 0.0163. The first-order chi connectivity index (χ1) is 12.6. The van der Waals surface area contributed by atoms with E-state index in [1.165, 1.54) is 39.9 Å². The van der Waals surface area contributed by atoms with E-state index in [9.17, 15) is 21.9 Å². The molecule has 1 aliphatic heterocycles. The van der Waals surface area contributed by atoms with Crippen LogP contribution >= 0.6 is 11.3 Å². The number of sulfonamides is 2. The van der Waals surface area contributed by atoms with Gasteiger partial charge in [-0.3, -0.25) is 4.31 Å². The highest BCUT2D eigenvalue weighted by Gasteiger charge is 2.28. The highest BCUT2D eigenvalue weighted by molar-refractivity contribution is 7.92. The average Bonchev–Trinajstić information content (AvgIpc) is 3.16. The molecule has 0 spiro atoms. The molecule has 1 atom stereocenters. The number of aliphatic hydroxyl groups is 1. The molecule has 7 nitrogen and oxygen atoms in total. The van der Waals surface area contributed by atoms with Gasteiger partial charge < -0.3 is 5.11 Å². The van der Waals surface area contributed by atoms with Crippen molar-refractivity contribution in [2.24, 2.45) is 0 Å². The topological polar surface area (TPSA) is 104 Å². The second-order valence-electron chi connectivity index (χ2n) is 6.66. The zero-order valence-corrected chi connectivity index (χ0v) is 17.3. The van der Waals surface area contributed by atoms with Crippen LogP contribution in [0.1, 0.15) is 24.6 Å². The Morgan fingerprint density at radius 1 is 1.22 bits per heavy atom. The van der Waals surface area contributed by atoms with Gasteiger partial charge in [0.05, 0.1) is 16.3 Å². The Labute approximate surface area is 163 Å². The molecule has 1 saturated heterocycles. The summed E-state index contributed by atoms with van der Waals surface area (Å²) in [6, 6.07) is 9.27. The lowest BCUT2D eigenvalue weighted by Gasteiger charge is -2.28. The van der Waals surface area contributed by atoms with E-state index in [0.717, 1.165) is 6.42 Å². The summed E-state index contributed by atoms with van der Waals surface area (Å²) in [6.45, 7) is 1.78. The molecule has 10 heteroatoms. The van der Waals surface area contributed by atoms with Crippen molar-refractivity contribution in [3.05, 3.63) is 46.7 Å². The van der Waals surface area contributed by atoms with E-state index < -0.39 is 25.6 Å². The molecule has 0 bridgehead atoms. The van der Waals surface area contributed by atoms with Gasteiger partial charge >= 0.3 is 0 Å². The summed E-state index contributed by atoms with van der Waals surface area (Å²) in [6.07, 6.45) is 1.41. The first-order valence-corrected chi connectivity index (χ1v) is 12.5. The number of hydrogen-bond acceptors (Lipinski definition) is 6. The van der Waals surface area contributed by atoms with Gasteiger partial charge in [0.2, 0.25) is 20.0 Å². The van der Waals surface area contributed by atoms with Gasteiger partial charge in [-0.1, -0.05) is 6.07 Å². The Bertz CT molecular complexity index is 982. The van der Waals surface area contributed by atoms with Crippen LogP contribution in [0.5, 0.6) is 0 Å². The molecule has 1 unspecified atom stereocenters. The Kier molecular flexibility index (Phi) is 5.64. The van der Waals surface area contributed by atoms with Crippen molar-refractivity contribution in [1.82, 2.24) is 4.72 Å². The summed E-state index contributed by atoms with van der Waals surface area (Å²) in [4.78, 5) is 0.679. The van der Waals surface area contributed by atoms with Gasteiger partial charge in [0, 0.05) is 18.0 Å². The normalized spacial score (nSPS) is 19.6. The van der Waals surface area contributed by atoms with E-state index in [0.29, 0.717) is 23.5 Å². The maximum atomic E-state index is 12.5. The summed E-state index contributed by atoms with van der Waals surface area (Å²) in [7, 11) is -7.18. The van der Waals surface area contributed by atoms with Crippen molar-refractivity contribution >= 4 is 37.1 Å². The smallest absolute Gasteiger partial charge is 0.240 e. The number of benzene rings is 1. The number of rotatable bonds is 6. The molecule has 2 aromatic rings. The second-order valence-corrected chi connectivity index (χ2v) is 11.4. The van der Waals surface area contributed by atoms with Crippen molar-refractivity contribution in [2.45, 2.75) is 30.3 Å². The van der Waals surface area contributed by atoms with E-state index in [1.807, 2.05) is 5.38 Å². The fourth-order valence-electron chi connectivity index (χ4n) is 2.86. The van der Waals surface area contributed by atoms with Crippen LogP contribution in [-0.4, -0.2) is 40.8 Å². The molecular weight excluding hydrogens is 408 g/mol. The molecule has 0 amide bonds. The highest BCUT2D eigenvalue weighted by atomic mass is 32.2. The molecule has 0 radical (unpaired) electrons. The number of nitrogens with one attached hydrogen (secondary N) is 1. The largest absolute Gasteiger partial charge is 0.383 e. The molecule has 1 aromatic carbocycles. The molecule has 0 aliphatic carbocycles. The van der Waals surface area contributed by atoms with Crippen LogP contribution in [0, 0.1) is 0 Å². The molecular formula is C17H22N2O5S3. The molecule has 3 rings (SSSR count). The van der Waals surface area contributed by atoms with Gasteiger partial charge in [-0.25, -0.2) is 21.6 Å². The standard InChI is InChI=1S/C17H22N2O5S3/c1-17(20,16-5-4-11-25-16)13-18-27(23,24)15-8-6-14(7-9-15)19-10-2-3-12-26(19,21)22/h4-9,11,18,20H,2-3,10,12-13H2,1H3. The Hall–Kier alpha value is -1.46. The van der Waals surface area contributed by atoms with Crippen LogP contribution in [0.4, 0.5) is 5.69 Å². The van der Waals surface area contributed by atoms with Gasteiger partial charge in [-0.05, 0) is 55.5 Å². The monoisotopic (exact) mass is 430 g/mol. The van der Waals surface area contributed by atoms with Gasteiger partial charge in [0.15, 0.2) is 0 Å². The van der Waals surface area contributed by atoms with E-state index in [4.69, 9.17) is 0 Å².